The van der Waals surface area contributed by atoms with E-state index in [9.17, 15) is 10.2 Å². The molecule has 68 valence electrons. The minimum Gasteiger partial charge on any atom is -0.387 e. The summed E-state index contributed by atoms with van der Waals surface area (Å²) in [5.74, 6) is 0. The summed E-state index contributed by atoms with van der Waals surface area (Å²) in [5, 5.41) is 26.9. The van der Waals surface area contributed by atoms with E-state index in [-0.39, 0.29) is 6.42 Å². The summed E-state index contributed by atoms with van der Waals surface area (Å²) in [4.78, 5) is 0. The molecule has 1 aliphatic rings. The number of methoxy groups -OCH3 is 1. The molecule has 12 heavy (non-hydrogen) atoms. The predicted octanol–water partition coefficient (Wildman–Crippen LogP) is -1.01. The highest BCUT2D eigenvalue weighted by atomic mass is 16.7. The van der Waals surface area contributed by atoms with Gasteiger partial charge < -0.3 is 19.7 Å². The van der Waals surface area contributed by atoms with Gasteiger partial charge in [-0.2, -0.15) is 5.26 Å². The van der Waals surface area contributed by atoms with Gasteiger partial charge in [-0.25, -0.2) is 0 Å². The fraction of sp³-hybridized carbons (Fsp3) is 0.857. The van der Waals surface area contributed by atoms with Crippen LogP contribution in [0, 0.1) is 11.3 Å². The van der Waals surface area contributed by atoms with E-state index in [2.05, 4.69) is 0 Å². The Morgan fingerprint density at radius 3 is 2.58 bits per heavy atom. The molecule has 1 aliphatic heterocycles. The molecule has 2 N–H and O–H groups in total. The monoisotopic (exact) mass is 173 g/mol. The van der Waals surface area contributed by atoms with Crippen molar-refractivity contribution in [1.82, 2.24) is 0 Å². The van der Waals surface area contributed by atoms with Gasteiger partial charge in [0.2, 0.25) is 0 Å². The van der Waals surface area contributed by atoms with E-state index in [1.807, 2.05) is 6.07 Å². The van der Waals surface area contributed by atoms with Crippen molar-refractivity contribution in [3.63, 3.8) is 0 Å². The Hall–Kier alpha value is -0.670. The van der Waals surface area contributed by atoms with Gasteiger partial charge in [0, 0.05) is 7.11 Å². The molecular formula is C7H11NO4. The van der Waals surface area contributed by atoms with Crippen molar-refractivity contribution in [3.8, 4) is 6.07 Å². The summed E-state index contributed by atoms with van der Waals surface area (Å²) in [6.45, 7) is 0. The van der Waals surface area contributed by atoms with Gasteiger partial charge in [0.1, 0.15) is 18.3 Å². The van der Waals surface area contributed by atoms with Crippen LogP contribution in [-0.4, -0.2) is 41.9 Å². The average molecular weight is 173 g/mol. The molecule has 0 unspecified atom stereocenters. The maximum atomic E-state index is 9.28. The number of aliphatic hydroxyl groups is 2. The highest BCUT2D eigenvalue weighted by molar-refractivity contribution is 4.91. The molecule has 0 aromatic rings. The third-order valence-corrected chi connectivity index (χ3v) is 1.84. The standard InChI is InChI=1S/C7H11NO4/c1-11-7-6(10)5(9)4(12-7)2-3-8/h4-7,9-10H,2H2,1H3/t4-,5-,6-,7-/m1/s1. The van der Waals surface area contributed by atoms with Crippen LogP contribution in [0.1, 0.15) is 6.42 Å². The zero-order valence-electron chi connectivity index (χ0n) is 6.67. The maximum absolute atomic E-state index is 9.28. The van der Waals surface area contributed by atoms with Crippen molar-refractivity contribution in [2.45, 2.75) is 31.0 Å². The van der Waals surface area contributed by atoms with Crippen LogP contribution in [0.4, 0.5) is 0 Å². The van der Waals surface area contributed by atoms with Crippen LogP contribution >= 0.6 is 0 Å². The predicted molar refractivity (Wildman–Crippen MR) is 37.9 cm³/mol. The molecule has 4 atom stereocenters. The molecule has 0 radical (unpaired) electrons. The second-order valence-corrected chi connectivity index (χ2v) is 2.62. The van der Waals surface area contributed by atoms with E-state index in [4.69, 9.17) is 14.7 Å². The molecule has 1 saturated heterocycles. The van der Waals surface area contributed by atoms with E-state index >= 15 is 0 Å². The van der Waals surface area contributed by atoms with Crippen molar-refractivity contribution in [3.05, 3.63) is 0 Å². The lowest BCUT2D eigenvalue weighted by Crippen LogP contribution is -2.32. The van der Waals surface area contributed by atoms with Gasteiger partial charge in [-0.05, 0) is 0 Å². The van der Waals surface area contributed by atoms with Crippen molar-refractivity contribution in [2.24, 2.45) is 0 Å². The summed E-state index contributed by atoms with van der Waals surface area (Å²) >= 11 is 0. The third kappa shape index (κ3) is 1.57. The summed E-state index contributed by atoms with van der Waals surface area (Å²) in [6, 6.07) is 1.85. The first kappa shape index (κ1) is 9.42. The number of rotatable bonds is 2. The number of ether oxygens (including phenoxy) is 2. The van der Waals surface area contributed by atoms with Gasteiger partial charge >= 0.3 is 0 Å². The van der Waals surface area contributed by atoms with E-state index in [0.717, 1.165) is 0 Å². The number of hydrogen-bond donors (Lipinski definition) is 2. The molecule has 1 fully saturated rings. The summed E-state index contributed by atoms with van der Waals surface area (Å²) in [6.07, 6.45) is -3.51. The number of aliphatic hydroxyl groups excluding tert-OH is 2. The molecule has 0 aromatic carbocycles. The zero-order chi connectivity index (χ0) is 9.14. The molecule has 5 nitrogen and oxygen atoms in total. The SMILES string of the molecule is CO[C@@H]1O[C@H](CC#N)[C@@H](O)[C@H]1O. The van der Waals surface area contributed by atoms with Gasteiger partial charge in [-0.3, -0.25) is 0 Å². The molecule has 0 spiro atoms. The Labute approximate surface area is 70.1 Å². The molecule has 5 heteroatoms. The Morgan fingerprint density at radius 1 is 1.50 bits per heavy atom. The highest BCUT2D eigenvalue weighted by Gasteiger charge is 2.42. The van der Waals surface area contributed by atoms with Crippen LogP contribution in [0.3, 0.4) is 0 Å². The third-order valence-electron chi connectivity index (χ3n) is 1.84. The second kappa shape index (κ2) is 3.83. The van der Waals surface area contributed by atoms with Crippen LogP contribution in [0.2, 0.25) is 0 Å². The molecule has 0 bridgehead atoms. The molecular weight excluding hydrogens is 162 g/mol. The topological polar surface area (TPSA) is 82.7 Å². The van der Waals surface area contributed by atoms with E-state index < -0.39 is 24.6 Å². The summed E-state index contributed by atoms with van der Waals surface area (Å²) in [7, 11) is 1.37. The van der Waals surface area contributed by atoms with Crippen molar-refractivity contribution < 1.29 is 19.7 Å². The minimum absolute atomic E-state index is 0.0537. The lowest BCUT2D eigenvalue weighted by molar-refractivity contribution is -0.147. The Kier molecular flexibility index (Phi) is 3.00. The van der Waals surface area contributed by atoms with Crippen molar-refractivity contribution in [1.29, 1.82) is 5.26 Å². The minimum atomic E-state index is -1.06. The molecule has 0 aliphatic carbocycles. The quantitative estimate of drug-likeness (QED) is 0.559. The fourth-order valence-corrected chi connectivity index (χ4v) is 1.17. The first-order valence-electron chi connectivity index (χ1n) is 3.62. The average Bonchev–Trinajstić information content (AvgIpc) is 2.33. The van der Waals surface area contributed by atoms with Crippen LogP contribution in [0.15, 0.2) is 0 Å². The lowest BCUT2D eigenvalue weighted by atomic mass is 10.1. The number of nitrogens with zero attached hydrogens (tertiary/aromatic N) is 1. The molecule has 0 aromatic heterocycles. The first-order valence-corrected chi connectivity index (χ1v) is 3.62. The lowest BCUT2D eigenvalue weighted by Gasteiger charge is -2.11. The van der Waals surface area contributed by atoms with Crippen LogP contribution in [0.25, 0.3) is 0 Å². The van der Waals surface area contributed by atoms with Crippen molar-refractivity contribution >= 4 is 0 Å². The van der Waals surface area contributed by atoms with Crippen LogP contribution < -0.4 is 0 Å². The van der Waals surface area contributed by atoms with Crippen LogP contribution in [-0.2, 0) is 9.47 Å². The summed E-state index contributed by atoms with van der Waals surface area (Å²) < 4.78 is 9.76. The Balaban J connectivity index is 2.55. The first-order chi connectivity index (χ1) is 5.70. The normalized spacial score (nSPS) is 41.2. The van der Waals surface area contributed by atoms with Gasteiger partial charge in [0.05, 0.1) is 12.5 Å². The molecule has 0 saturated carbocycles. The molecule has 1 rings (SSSR count). The van der Waals surface area contributed by atoms with E-state index in [1.54, 1.807) is 0 Å². The maximum Gasteiger partial charge on any atom is 0.186 e. The number of hydrogen-bond acceptors (Lipinski definition) is 5. The Morgan fingerprint density at radius 2 is 2.17 bits per heavy atom. The second-order valence-electron chi connectivity index (χ2n) is 2.62. The van der Waals surface area contributed by atoms with Crippen LogP contribution in [0.5, 0.6) is 0 Å². The van der Waals surface area contributed by atoms with Gasteiger partial charge in [-0.15, -0.1) is 0 Å². The molecule has 0 amide bonds. The smallest absolute Gasteiger partial charge is 0.186 e. The Bertz CT molecular complexity index is 190. The largest absolute Gasteiger partial charge is 0.387 e. The fourth-order valence-electron chi connectivity index (χ4n) is 1.17. The number of nitriles is 1. The van der Waals surface area contributed by atoms with Gasteiger partial charge in [0.25, 0.3) is 0 Å². The van der Waals surface area contributed by atoms with E-state index in [0.29, 0.717) is 0 Å². The highest BCUT2D eigenvalue weighted by Crippen LogP contribution is 2.23. The molecule has 1 heterocycles. The van der Waals surface area contributed by atoms with Gasteiger partial charge in [0.15, 0.2) is 6.29 Å². The van der Waals surface area contributed by atoms with Crippen molar-refractivity contribution in [2.75, 3.05) is 7.11 Å². The zero-order valence-corrected chi connectivity index (χ0v) is 6.67. The van der Waals surface area contributed by atoms with E-state index in [1.165, 1.54) is 7.11 Å². The summed E-state index contributed by atoms with van der Waals surface area (Å²) in [5.41, 5.74) is 0. The van der Waals surface area contributed by atoms with Gasteiger partial charge in [-0.1, -0.05) is 0 Å².